The van der Waals surface area contributed by atoms with E-state index in [1.807, 2.05) is 13.0 Å². The highest BCUT2D eigenvalue weighted by Crippen LogP contribution is 2.49. The lowest BCUT2D eigenvalue weighted by Crippen LogP contribution is -2.04. The molecule has 1 fully saturated rings. The Labute approximate surface area is 227 Å². The molecule has 200 valence electrons. The smallest absolute Gasteiger partial charge is 0.210 e. The molecule has 11 heteroatoms. The van der Waals surface area contributed by atoms with Gasteiger partial charge in [0.05, 0.1) is 43.6 Å². The lowest BCUT2D eigenvalue weighted by Gasteiger charge is -2.19. The summed E-state index contributed by atoms with van der Waals surface area (Å²) < 4.78 is 48.1. The van der Waals surface area contributed by atoms with Crippen LogP contribution in [0.4, 0.5) is 19.6 Å². The van der Waals surface area contributed by atoms with Gasteiger partial charge in [-0.1, -0.05) is 23.5 Å². The number of ether oxygens (including phenoxy) is 3. The molecule has 2 heterocycles. The maximum Gasteiger partial charge on any atom is 0.210 e. The summed E-state index contributed by atoms with van der Waals surface area (Å²) in [5.41, 5.74) is 3.77. The summed E-state index contributed by atoms with van der Waals surface area (Å²) in [5, 5.41) is 12.2. The van der Waals surface area contributed by atoms with E-state index in [2.05, 4.69) is 20.1 Å². The number of hydrogen-bond acceptors (Lipinski definition) is 8. The van der Waals surface area contributed by atoms with Crippen LogP contribution in [0.3, 0.4) is 0 Å². The van der Waals surface area contributed by atoms with E-state index in [0.717, 1.165) is 24.0 Å². The van der Waals surface area contributed by atoms with Gasteiger partial charge in [-0.05, 0) is 49.6 Å². The number of imidazole rings is 1. The second-order valence-electron chi connectivity index (χ2n) is 9.24. The van der Waals surface area contributed by atoms with Gasteiger partial charge in [-0.25, -0.2) is 13.8 Å². The van der Waals surface area contributed by atoms with E-state index >= 15 is 4.39 Å². The number of anilines is 2. The summed E-state index contributed by atoms with van der Waals surface area (Å²) in [7, 11) is 4.71. The molecule has 0 radical (unpaired) electrons. The average molecular weight is 550 g/mol. The monoisotopic (exact) mass is 549 g/mol. The van der Waals surface area contributed by atoms with Gasteiger partial charge in [0.2, 0.25) is 10.9 Å². The minimum atomic E-state index is -0.450. The third-order valence-electron chi connectivity index (χ3n) is 6.68. The molecule has 5 aromatic rings. The first-order valence-corrected chi connectivity index (χ1v) is 13.1. The van der Waals surface area contributed by atoms with Gasteiger partial charge in [0.1, 0.15) is 22.5 Å². The standard InChI is InChI=1S/C28H25F2N5O3S/c1-14-10-22(36-2)24(37-3)25(38-4)23(14)26-31-20-13-19(18(30)12-21(20)35(26)17-8-9-17)32-28-34-33-27(39-28)15-6-5-7-16(29)11-15/h5-7,10-13,17H,8-9H2,1-4H3,(H,32,34). The molecule has 0 saturated heterocycles. The number of aryl methyl sites for hydroxylation is 1. The predicted molar refractivity (Wildman–Crippen MR) is 146 cm³/mol. The first-order valence-electron chi connectivity index (χ1n) is 12.3. The molecule has 2 aromatic heterocycles. The Bertz CT molecular complexity index is 1710. The number of fused-ring (bicyclic) bond motifs is 1. The van der Waals surface area contributed by atoms with Gasteiger partial charge in [0.25, 0.3) is 0 Å². The number of nitrogens with zero attached hydrogens (tertiary/aromatic N) is 4. The minimum Gasteiger partial charge on any atom is -0.493 e. The molecule has 3 aromatic carbocycles. The lowest BCUT2D eigenvalue weighted by atomic mass is 10.0. The van der Waals surface area contributed by atoms with Gasteiger partial charge in [0, 0.05) is 17.7 Å². The van der Waals surface area contributed by atoms with Crippen LogP contribution in [-0.2, 0) is 0 Å². The Morgan fingerprint density at radius 1 is 0.974 bits per heavy atom. The minimum absolute atomic E-state index is 0.206. The normalized spacial score (nSPS) is 13.1. The molecule has 0 aliphatic heterocycles. The second-order valence-corrected chi connectivity index (χ2v) is 10.2. The molecule has 0 spiro atoms. The van der Waals surface area contributed by atoms with Crippen LogP contribution in [0.15, 0.2) is 42.5 Å². The predicted octanol–water partition coefficient (Wildman–Crippen LogP) is 6.91. The summed E-state index contributed by atoms with van der Waals surface area (Å²) in [4.78, 5) is 4.96. The van der Waals surface area contributed by atoms with Crippen LogP contribution < -0.4 is 19.5 Å². The Kier molecular flexibility index (Phi) is 6.30. The SMILES string of the molecule is COc1cc(C)c(-c2nc3cc(Nc4nnc(-c5cccc(F)c5)s4)c(F)cc3n2C2CC2)c(OC)c1OC. The van der Waals surface area contributed by atoms with Crippen molar-refractivity contribution in [3.05, 3.63) is 59.7 Å². The third-order valence-corrected chi connectivity index (χ3v) is 7.57. The van der Waals surface area contributed by atoms with Crippen molar-refractivity contribution in [3.63, 3.8) is 0 Å². The van der Waals surface area contributed by atoms with Crippen molar-refractivity contribution in [2.24, 2.45) is 0 Å². The van der Waals surface area contributed by atoms with Crippen LogP contribution in [0.2, 0.25) is 0 Å². The highest BCUT2D eigenvalue weighted by atomic mass is 32.1. The molecule has 1 aliphatic carbocycles. The fourth-order valence-corrected chi connectivity index (χ4v) is 5.53. The number of benzene rings is 3. The molecule has 1 saturated carbocycles. The molecule has 1 aliphatic rings. The number of halogens is 2. The van der Waals surface area contributed by atoms with Crippen molar-refractivity contribution < 1.29 is 23.0 Å². The molecule has 8 nitrogen and oxygen atoms in total. The summed E-state index contributed by atoms with van der Waals surface area (Å²) in [6.07, 6.45) is 1.95. The summed E-state index contributed by atoms with van der Waals surface area (Å²) in [6, 6.07) is 11.3. The van der Waals surface area contributed by atoms with Crippen LogP contribution in [0.25, 0.3) is 33.0 Å². The average Bonchev–Trinajstić information content (AvgIpc) is 3.55. The second kappa shape index (κ2) is 9.81. The Morgan fingerprint density at radius 2 is 1.77 bits per heavy atom. The summed E-state index contributed by atoms with van der Waals surface area (Å²) in [6.45, 7) is 1.95. The first-order chi connectivity index (χ1) is 18.9. The summed E-state index contributed by atoms with van der Waals surface area (Å²) >= 11 is 1.20. The third kappa shape index (κ3) is 4.42. The van der Waals surface area contributed by atoms with Crippen molar-refractivity contribution >= 4 is 33.2 Å². The van der Waals surface area contributed by atoms with Gasteiger partial charge < -0.3 is 24.1 Å². The van der Waals surface area contributed by atoms with Crippen LogP contribution in [0.5, 0.6) is 17.2 Å². The Morgan fingerprint density at radius 3 is 2.46 bits per heavy atom. The molecule has 0 amide bonds. The quantitative estimate of drug-likeness (QED) is 0.225. The van der Waals surface area contributed by atoms with E-state index in [1.54, 1.807) is 39.5 Å². The van der Waals surface area contributed by atoms with E-state index in [0.29, 0.717) is 49.8 Å². The fourth-order valence-electron chi connectivity index (χ4n) is 4.77. The number of methoxy groups -OCH3 is 3. The zero-order valence-corrected chi connectivity index (χ0v) is 22.5. The Balaban J connectivity index is 1.44. The number of hydrogen-bond donors (Lipinski definition) is 1. The Hall–Kier alpha value is -4.25. The van der Waals surface area contributed by atoms with Crippen LogP contribution >= 0.6 is 11.3 Å². The molecule has 1 N–H and O–H groups in total. The highest BCUT2D eigenvalue weighted by molar-refractivity contribution is 7.18. The molecule has 6 rings (SSSR count). The van der Waals surface area contributed by atoms with Crippen molar-refractivity contribution in [1.29, 1.82) is 0 Å². The molecule has 0 unspecified atom stereocenters. The maximum atomic E-state index is 15.4. The lowest BCUT2D eigenvalue weighted by molar-refractivity contribution is 0.324. The van der Waals surface area contributed by atoms with E-state index < -0.39 is 5.82 Å². The molecule has 0 bridgehead atoms. The largest absolute Gasteiger partial charge is 0.493 e. The highest BCUT2D eigenvalue weighted by Gasteiger charge is 2.32. The van der Waals surface area contributed by atoms with Crippen LogP contribution in [-0.4, -0.2) is 41.1 Å². The van der Waals surface area contributed by atoms with Crippen molar-refractivity contribution in [2.75, 3.05) is 26.6 Å². The van der Waals surface area contributed by atoms with Gasteiger partial charge in [0.15, 0.2) is 11.5 Å². The van der Waals surface area contributed by atoms with Crippen molar-refractivity contribution in [1.82, 2.24) is 19.7 Å². The molecule has 39 heavy (non-hydrogen) atoms. The maximum absolute atomic E-state index is 15.4. The first kappa shape index (κ1) is 25.1. The van der Waals surface area contributed by atoms with Gasteiger partial charge in [-0.3, -0.25) is 0 Å². The van der Waals surface area contributed by atoms with E-state index in [1.165, 1.54) is 29.5 Å². The summed E-state index contributed by atoms with van der Waals surface area (Å²) in [5.74, 6) is 1.38. The van der Waals surface area contributed by atoms with Crippen LogP contribution in [0.1, 0.15) is 24.4 Å². The zero-order chi connectivity index (χ0) is 27.3. The van der Waals surface area contributed by atoms with Crippen molar-refractivity contribution in [3.8, 4) is 39.2 Å². The number of aromatic nitrogens is 4. The van der Waals surface area contributed by atoms with E-state index in [-0.39, 0.29) is 17.5 Å². The van der Waals surface area contributed by atoms with E-state index in [9.17, 15) is 4.39 Å². The topological polar surface area (TPSA) is 83.3 Å². The van der Waals surface area contributed by atoms with Crippen molar-refractivity contribution in [2.45, 2.75) is 25.8 Å². The number of rotatable bonds is 8. The van der Waals surface area contributed by atoms with E-state index in [4.69, 9.17) is 19.2 Å². The van der Waals surface area contributed by atoms with Gasteiger partial charge >= 0.3 is 0 Å². The molecule has 0 atom stereocenters. The van der Waals surface area contributed by atoms with Gasteiger partial charge in [-0.2, -0.15) is 0 Å². The van der Waals surface area contributed by atoms with Crippen LogP contribution in [0, 0.1) is 18.6 Å². The fraction of sp³-hybridized carbons (Fsp3) is 0.250. The molecular weight excluding hydrogens is 524 g/mol. The molecular formula is C28H25F2N5O3S. The number of nitrogens with one attached hydrogen (secondary N) is 1. The van der Waals surface area contributed by atoms with Gasteiger partial charge in [-0.15, -0.1) is 10.2 Å². The zero-order valence-electron chi connectivity index (χ0n) is 21.7.